The van der Waals surface area contributed by atoms with Crippen molar-refractivity contribution in [2.24, 2.45) is 5.10 Å². The molecule has 0 radical (unpaired) electrons. The second-order valence-electron chi connectivity index (χ2n) is 5.44. The van der Waals surface area contributed by atoms with Gasteiger partial charge in [0.1, 0.15) is 5.76 Å². The average molecular weight is 383 g/mol. The molecule has 0 fully saturated rings. The zero-order valence-electron chi connectivity index (χ0n) is 13.4. The van der Waals surface area contributed by atoms with Crippen LogP contribution in [0.15, 0.2) is 70.2 Å². The number of anilines is 1. The van der Waals surface area contributed by atoms with Gasteiger partial charge in [-0.2, -0.15) is 5.10 Å². The Morgan fingerprint density at radius 2 is 1.81 bits per heavy atom. The maximum atomic E-state index is 6.16. The van der Waals surface area contributed by atoms with Crippen molar-refractivity contribution in [1.29, 1.82) is 0 Å². The number of hydrogen-bond acceptors (Lipinski definition) is 5. The predicted octanol–water partition coefficient (Wildman–Crippen LogP) is 5.64. The molecule has 0 spiro atoms. The van der Waals surface area contributed by atoms with Crippen molar-refractivity contribution in [3.05, 3.63) is 76.7 Å². The Morgan fingerprint density at radius 1 is 0.962 bits per heavy atom. The highest BCUT2D eigenvalue weighted by molar-refractivity contribution is 6.31. The van der Waals surface area contributed by atoms with Crippen LogP contribution in [0.1, 0.15) is 5.76 Å². The normalized spacial score (nSPS) is 11.3. The molecule has 0 atom stereocenters. The molecule has 1 N–H and O–H groups in total. The number of aromatic nitrogens is 2. The molecule has 128 valence electrons. The van der Waals surface area contributed by atoms with E-state index in [4.69, 9.17) is 27.6 Å². The summed E-state index contributed by atoms with van der Waals surface area (Å²) in [5.41, 5.74) is 5.34. The first-order valence-corrected chi connectivity index (χ1v) is 8.52. The summed E-state index contributed by atoms with van der Waals surface area (Å²) in [4.78, 5) is 9.08. The van der Waals surface area contributed by atoms with E-state index in [-0.39, 0.29) is 0 Å². The molecule has 7 heteroatoms. The van der Waals surface area contributed by atoms with Gasteiger partial charge >= 0.3 is 0 Å². The minimum atomic E-state index is 0.302. The Kier molecular flexibility index (Phi) is 4.56. The van der Waals surface area contributed by atoms with Crippen molar-refractivity contribution in [2.75, 3.05) is 5.43 Å². The Morgan fingerprint density at radius 3 is 2.58 bits per heavy atom. The lowest BCUT2D eigenvalue weighted by molar-refractivity contribution is 0.562. The Balaban J connectivity index is 1.74. The summed E-state index contributed by atoms with van der Waals surface area (Å²) in [5.74, 6) is 0.894. The van der Waals surface area contributed by atoms with Crippen molar-refractivity contribution in [2.45, 2.75) is 0 Å². The van der Waals surface area contributed by atoms with Crippen molar-refractivity contribution in [3.8, 4) is 11.3 Å². The molecule has 26 heavy (non-hydrogen) atoms. The molecule has 0 bridgehead atoms. The molecular weight excluding hydrogens is 371 g/mol. The van der Waals surface area contributed by atoms with Crippen LogP contribution in [-0.4, -0.2) is 16.2 Å². The van der Waals surface area contributed by atoms with Gasteiger partial charge in [0, 0.05) is 16.0 Å². The van der Waals surface area contributed by atoms with Crippen LogP contribution in [0, 0.1) is 0 Å². The first-order chi connectivity index (χ1) is 12.7. The molecule has 0 saturated carbocycles. The van der Waals surface area contributed by atoms with Crippen LogP contribution in [0.2, 0.25) is 10.2 Å². The van der Waals surface area contributed by atoms with Crippen molar-refractivity contribution in [1.82, 2.24) is 9.97 Å². The summed E-state index contributed by atoms with van der Waals surface area (Å²) in [7, 11) is 0. The molecule has 4 aromatic rings. The van der Waals surface area contributed by atoms with E-state index in [0.717, 1.165) is 22.2 Å². The molecule has 0 aliphatic rings. The molecule has 2 heterocycles. The van der Waals surface area contributed by atoms with Gasteiger partial charge in [-0.05, 0) is 41.9 Å². The van der Waals surface area contributed by atoms with Crippen molar-refractivity contribution < 1.29 is 4.42 Å². The second-order valence-corrected chi connectivity index (χ2v) is 6.24. The Bertz CT molecular complexity index is 1090. The molecule has 0 saturated heterocycles. The quantitative estimate of drug-likeness (QED) is 0.366. The second kappa shape index (κ2) is 7.15. The number of nitrogens with one attached hydrogen (secondary N) is 1. The average Bonchev–Trinajstić information content (AvgIpc) is 3.07. The highest BCUT2D eigenvalue weighted by Crippen LogP contribution is 2.29. The summed E-state index contributed by atoms with van der Waals surface area (Å²) in [6, 6.07) is 18.7. The SMILES string of the molecule is Clc1ccc2nc(N/N=C/c3ccc(Cl)o3)nc(-c3ccccc3)c2c1. The minimum absolute atomic E-state index is 0.302. The standard InChI is InChI=1S/C19H12Cl2N4O/c20-13-6-8-16-15(10-13)18(12-4-2-1-3-5-12)24-19(23-16)25-22-11-14-7-9-17(21)26-14/h1-11H,(H,23,24,25)/b22-11+. The minimum Gasteiger partial charge on any atom is -0.444 e. The summed E-state index contributed by atoms with van der Waals surface area (Å²) in [6.45, 7) is 0. The van der Waals surface area contributed by atoms with Gasteiger partial charge in [0.25, 0.3) is 0 Å². The van der Waals surface area contributed by atoms with Crippen LogP contribution in [0.5, 0.6) is 0 Å². The third-order valence-electron chi connectivity index (χ3n) is 3.66. The summed E-state index contributed by atoms with van der Waals surface area (Å²) < 4.78 is 5.22. The molecule has 2 aromatic carbocycles. The van der Waals surface area contributed by atoms with E-state index in [2.05, 4.69) is 20.5 Å². The van der Waals surface area contributed by atoms with Crippen LogP contribution >= 0.6 is 23.2 Å². The number of rotatable bonds is 4. The van der Waals surface area contributed by atoms with E-state index in [1.54, 1.807) is 18.2 Å². The van der Waals surface area contributed by atoms with E-state index in [1.807, 2.05) is 42.5 Å². The topological polar surface area (TPSA) is 63.3 Å². The Labute approximate surface area is 159 Å². The molecule has 5 nitrogen and oxygen atoms in total. The largest absolute Gasteiger partial charge is 0.444 e. The van der Waals surface area contributed by atoms with Crippen LogP contribution < -0.4 is 5.43 Å². The molecule has 0 unspecified atom stereocenters. The maximum absolute atomic E-state index is 6.16. The highest BCUT2D eigenvalue weighted by atomic mass is 35.5. The predicted molar refractivity (Wildman–Crippen MR) is 105 cm³/mol. The van der Waals surface area contributed by atoms with E-state index in [0.29, 0.717) is 22.0 Å². The van der Waals surface area contributed by atoms with Gasteiger partial charge in [0.2, 0.25) is 5.95 Å². The fourth-order valence-corrected chi connectivity index (χ4v) is 2.84. The molecule has 2 aromatic heterocycles. The molecule has 0 aliphatic heterocycles. The third-order valence-corrected chi connectivity index (χ3v) is 4.09. The molecular formula is C19H12Cl2N4O. The molecule has 0 aliphatic carbocycles. The third kappa shape index (κ3) is 3.54. The van der Waals surface area contributed by atoms with Crippen LogP contribution in [-0.2, 0) is 0 Å². The molecule has 0 amide bonds. The zero-order chi connectivity index (χ0) is 17.9. The van der Waals surface area contributed by atoms with Crippen LogP contribution in [0.25, 0.3) is 22.2 Å². The number of halogens is 2. The first-order valence-electron chi connectivity index (χ1n) is 7.76. The fourth-order valence-electron chi connectivity index (χ4n) is 2.52. The highest BCUT2D eigenvalue weighted by Gasteiger charge is 2.10. The summed E-state index contributed by atoms with van der Waals surface area (Å²) in [5, 5.41) is 5.91. The number of hydrazone groups is 1. The summed E-state index contributed by atoms with van der Waals surface area (Å²) in [6.07, 6.45) is 1.50. The van der Waals surface area contributed by atoms with E-state index >= 15 is 0 Å². The number of furan rings is 1. The fraction of sp³-hybridized carbons (Fsp3) is 0. The Hall–Kier alpha value is -2.89. The van der Waals surface area contributed by atoms with Gasteiger partial charge < -0.3 is 4.42 Å². The number of hydrogen-bond donors (Lipinski definition) is 1. The summed E-state index contributed by atoms with van der Waals surface area (Å²) >= 11 is 11.9. The zero-order valence-corrected chi connectivity index (χ0v) is 14.9. The van der Waals surface area contributed by atoms with Crippen molar-refractivity contribution >= 4 is 46.3 Å². The van der Waals surface area contributed by atoms with Gasteiger partial charge in [0.05, 0.1) is 17.4 Å². The van der Waals surface area contributed by atoms with Crippen molar-refractivity contribution in [3.63, 3.8) is 0 Å². The van der Waals surface area contributed by atoms with Gasteiger partial charge in [-0.3, -0.25) is 0 Å². The van der Waals surface area contributed by atoms with Gasteiger partial charge in [-0.25, -0.2) is 15.4 Å². The van der Waals surface area contributed by atoms with Gasteiger partial charge in [-0.15, -0.1) is 0 Å². The number of fused-ring (bicyclic) bond motifs is 1. The van der Waals surface area contributed by atoms with Gasteiger partial charge in [0.15, 0.2) is 5.22 Å². The smallest absolute Gasteiger partial charge is 0.244 e. The van der Waals surface area contributed by atoms with E-state index in [1.165, 1.54) is 6.21 Å². The lowest BCUT2D eigenvalue weighted by Crippen LogP contribution is -1.99. The molecule has 4 rings (SSSR count). The van der Waals surface area contributed by atoms with Gasteiger partial charge in [-0.1, -0.05) is 41.9 Å². The monoisotopic (exact) mass is 382 g/mol. The number of nitrogens with zero attached hydrogens (tertiary/aromatic N) is 3. The van der Waals surface area contributed by atoms with E-state index < -0.39 is 0 Å². The maximum Gasteiger partial charge on any atom is 0.244 e. The van der Waals surface area contributed by atoms with Crippen LogP contribution in [0.4, 0.5) is 5.95 Å². The lowest BCUT2D eigenvalue weighted by Gasteiger charge is -2.08. The lowest BCUT2D eigenvalue weighted by atomic mass is 10.1. The first kappa shape index (κ1) is 16.6. The van der Waals surface area contributed by atoms with Crippen LogP contribution in [0.3, 0.4) is 0 Å². The number of benzene rings is 2. The van der Waals surface area contributed by atoms with E-state index in [9.17, 15) is 0 Å².